The van der Waals surface area contributed by atoms with Gasteiger partial charge < -0.3 is 10.3 Å². The first-order chi connectivity index (χ1) is 9.11. The van der Waals surface area contributed by atoms with Crippen LogP contribution in [0.2, 0.25) is 0 Å². The van der Waals surface area contributed by atoms with Gasteiger partial charge in [0, 0.05) is 12.5 Å². The number of imidazole rings is 1. The maximum atomic E-state index is 4.57. The molecular formula is C16H23N3. The molecule has 1 atom stereocenters. The molecule has 0 radical (unpaired) electrons. The number of H-pyrrole nitrogens is 1. The van der Waals surface area contributed by atoms with Crippen molar-refractivity contribution in [1.29, 1.82) is 0 Å². The molecule has 0 fully saturated rings. The van der Waals surface area contributed by atoms with E-state index in [1.165, 1.54) is 11.1 Å². The molecule has 0 aliphatic heterocycles. The minimum atomic E-state index is 0.420. The fourth-order valence-electron chi connectivity index (χ4n) is 2.35. The van der Waals surface area contributed by atoms with Crippen LogP contribution in [0, 0.1) is 12.8 Å². The van der Waals surface area contributed by atoms with Gasteiger partial charge in [0.05, 0.1) is 11.9 Å². The van der Waals surface area contributed by atoms with E-state index in [1.54, 1.807) is 0 Å². The molecule has 0 bridgehead atoms. The third-order valence-corrected chi connectivity index (χ3v) is 3.50. The number of likely N-dealkylation sites (N-methyl/N-ethyl adjacent to an activating group) is 1. The molecule has 3 heteroatoms. The molecule has 0 saturated heterocycles. The molecule has 19 heavy (non-hydrogen) atoms. The van der Waals surface area contributed by atoms with Gasteiger partial charge in [-0.3, -0.25) is 0 Å². The first-order valence-corrected chi connectivity index (χ1v) is 6.88. The van der Waals surface area contributed by atoms with E-state index in [4.69, 9.17) is 0 Å². The summed E-state index contributed by atoms with van der Waals surface area (Å²) in [6, 6.07) is 8.49. The van der Waals surface area contributed by atoms with Gasteiger partial charge in [-0.15, -0.1) is 0 Å². The van der Waals surface area contributed by atoms with Crippen molar-refractivity contribution in [3.8, 4) is 11.3 Å². The summed E-state index contributed by atoms with van der Waals surface area (Å²) in [5.74, 6) is 2.05. The maximum Gasteiger partial charge on any atom is 0.111 e. The SMILES string of the molecule is CNCC(c1ncc(-c2cccc(C)c2)[nH]1)C(C)C. The van der Waals surface area contributed by atoms with Gasteiger partial charge in [0.1, 0.15) is 5.82 Å². The van der Waals surface area contributed by atoms with Crippen LogP contribution in [0.25, 0.3) is 11.3 Å². The lowest BCUT2D eigenvalue weighted by molar-refractivity contribution is 0.461. The van der Waals surface area contributed by atoms with Crippen LogP contribution in [-0.2, 0) is 0 Å². The molecule has 1 aromatic carbocycles. The quantitative estimate of drug-likeness (QED) is 0.862. The van der Waals surface area contributed by atoms with Gasteiger partial charge in [-0.05, 0) is 31.5 Å². The molecule has 1 unspecified atom stereocenters. The lowest BCUT2D eigenvalue weighted by atomic mass is 9.95. The number of aromatic amines is 1. The molecule has 3 nitrogen and oxygen atoms in total. The van der Waals surface area contributed by atoms with Crippen molar-refractivity contribution in [2.45, 2.75) is 26.7 Å². The highest BCUT2D eigenvalue weighted by molar-refractivity contribution is 5.59. The van der Waals surface area contributed by atoms with Crippen molar-refractivity contribution in [2.75, 3.05) is 13.6 Å². The molecule has 2 aromatic rings. The van der Waals surface area contributed by atoms with Crippen LogP contribution in [0.1, 0.15) is 31.2 Å². The molecule has 1 heterocycles. The predicted molar refractivity (Wildman–Crippen MR) is 80.3 cm³/mol. The van der Waals surface area contributed by atoms with Gasteiger partial charge in [-0.2, -0.15) is 0 Å². The maximum absolute atomic E-state index is 4.57. The molecule has 0 saturated carbocycles. The Balaban J connectivity index is 2.27. The van der Waals surface area contributed by atoms with Gasteiger partial charge in [0.15, 0.2) is 0 Å². The van der Waals surface area contributed by atoms with Crippen LogP contribution in [0.15, 0.2) is 30.5 Å². The van der Waals surface area contributed by atoms with Crippen molar-refractivity contribution < 1.29 is 0 Å². The highest BCUT2D eigenvalue weighted by atomic mass is 14.9. The van der Waals surface area contributed by atoms with E-state index >= 15 is 0 Å². The van der Waals surface area contributed by atoms with E-state index in [-0.39, 0.29) is 0 Å². The van der Waals surface area contributed by atoms with Gasteiger partial charge in [0.25, 0.3) is 0 Å². The van der Waals surface area contributed by atoms with E-state index in [9.17, 15) is 0 Å². The zero-order valence-electron chi connectivity index (χ0n) is 12.2. The molecule has 0 aliphatic rings. The fourth-order valence-corrected chi connectivity index (χ4v) is 2.35. The zero-order valence-corrected chi connectivity index (χ0v) is 12.2. The van der Waals surface area contributed by atoms with Gasteiger partial charge in [0.2, 0.25) is 0 Å². The number of nitrogens with zero attached hydrogens (tertiary/aromatic N) is 1. The third-order valence-electron chi connectivity index (χ3n) is 3.50. The van der Waals surface area contributed by atoms with E-state index in [0.29, 0.717) is 11.8 Å². The standard InChI is InChI=1S/C16H23N3/c1-11(2)14(9-17-4)16-18-10-15(19-16)13-7-5-6-12(3)8-13/h5-8,10-11,14,17H,9H2,1-4H3,(H,18,19). The number of hydrogen-bond acceptors (Lipinski definition) is 2. The Morgan fingerprint density at radius 1 is 1.32 bits per heavy atom. The van der Waals surface area contributed by atoms with Crippen LogP contribution < -0.4 is 5.32 Å². The Kier molecular flexibility index (Phi) is 4.38. The average molecular weight is 257 g/mol. The molecule has 0 spiro atoms. The topological polar surface area (TPSA) is 40.7 Å². The molecule has 102 valence electrons. The highest BCUT2D eigenvalue weighted by Crippen LogP contribution is 2.25. The number of benzene rings is 1. The van der Waals surface area contributed by atoms with E-state index in [2.05, 4.69) is 60.3 Å². The van der Waals surface area contributed by atoms with E-state index in [1.807, 2.05) is 13.2 Å². The van der Waals surface area contributed by atoms with Gasteiger partial charge in [-0.1, -0.05) is 37.6 Å². The molecule has 0 amide bonds. The summed E-state index contributed by atoms with van der Waals surface area (Å²) >= 11 is 0. The molecule has 2 N–H and O–H groups in total. The van der Waals surface area contributed by atoms with E-state index < -0.39 is 0 Å². The first-order valence-electron chi connectivity index (χ1n) is 6.88. The monoisotopic (exact) mass is 257 g/mol. The number of aryl methyl sites for hydroxylation is 1. The minimum Gasteiger partial charge on any atom is -0.342 e. The number of nitrogens with one attached hydrogen (secondary N) is 2. The largest absolute Gasteiger partial charge is 0.342 e. The van der Waals surface area contributed by atoms with Crippen LogP contribution in [0.3, 0.4) is 0 Å². The molecule has 0 aliphatic carbocycles. The fraction of sp³-hybridized carbons (Fsp3) is 0.438. The number of hydrogen-bond donors (Lipinski definition) is 2. The molecule has 2 rings (SSSR count). The summed E-state index contributed by atoms with van der Waals surface area (Å²) in [4.78, 5) is 8.04. The molecule has 1 aromatic heterocycles. The Hall–Kier alpha value is -1.61. The van der Waals surface area contributed by atoms with Crippen LogP contribution in [0.4, 0.5) is 0 Å². The second-order valence-electron chi connectivity index (χ2n) is 5.46. The predicted octanol–water partition coefficient (Wildman–Crippen LogP) is 3.34. The average Bonchev–Trinajstić information content (AvgIpc) is 2.84. The van der Waals surface area contributed by atoms with Crippen LogP contribution in [-0.4, -0.2) is 23.6 Å². The lowest BCUT2D eigenvalue weighted by Crippen LogP contribution is -2.22. The third kappa shape index (κ3) is 3.24. The summed E-state index contributed by atoms with van der Waals surface area (Å²) in [5.41, 5.74) is 3.57. The van der Waals surface area contributed by atoms with Crippen molar-refractivity contribution >= 4 is 0 Å². The van der Waals surface area contributed by atoms with Crippen LogP contribution in [0.5, 0.6) is 0 Å². The van der Waals surface area contributed by atoms with Crippen molar-refractivity contribution in [2.24, 2.45) is 5.92 Å². The molecular weight excluding hydrogens is 234 g/mol. The summed E-state index contributed by atoms with van der Waals surface area (Å²) in [6.07, 6.45) is 1.94. The smallest absolute Gasteiger partial charge is 0.111 e. The summed E-state index contributed by atoms with van der Waals surface area (Å²) in [5, 5.41) is 3.25. The second kappa shape index (κ2) is 6.02. The summed E-state index contributed by atoms with van der Waals surface area (Å²) in [7, 11) is 1.99. The van der Waals surface area contributed by atoms with Gasteiger partial charge in [-0.25, -0.2) is 4.98 Å². The first kappa shape index (κ1) is 13.8. The Morgan fingerprint density at radius 3 is 2.74 bits per heavy atom. The van der Waals surface area contributed by atoms with E-state index in [0.717, 1.165) is 18.1 Å². The Labute approximate surface area is 115 Å². The van der Waals surface area contributed by atoms with Crippen LogP contribution >= 0.6 is 0 Å². The van der Waals surface area contributed by atoms with Crippen molar-refractivity contribution in [3.05, 3.63) is 41.9 Å². The Bertz CT molecular complexity index is 528. The lowest BCUT2D eigenvalue weighted by Gasteiger charge is -2.17. The minimum absolute atomic E-state index is 0.420. The van der Waals surface area contributed by atoms with Gasteiger partial charge >= 0.3 is 0 Å². The number of aromatic nitrogens is 2. The normalized spacial score (nSPS) is 12.9. The number of rotatable bonds is 5. The zero-order chi connectivity index (χ0) is 13.8. The van der Waals surface area contributed by atoms with Crippen molar-refractivity contribution in [1.82, 2.24) is 15.3 Å². The van der Waals surface area contributed by atoms with Crippen molar-refractivity contribution in [3.63, 3.8) is 0 Å². The highest BCUT2D eigenvalue weighted by Gasteiger charge is 2.18. The summed E-state index contributed by atoms with van der Waals surface area (Å²) in [6.45, 7) is 7.52. The summed E-state index contributed by atoms with van der Waals surface area (Å²) < 4.78 is 0. The Morgan fingerprint density at radius 2 is 2.11 bits per heavy atom. The second-order valence-corrected chi connectivity index (χ2v) is 5.46.